The van der Waals surface area contributed by atoms with Gasteiger partial charge in [-0.3, -0.25) is 9.59 Å². The third-order valence-corrected chi connectivity index (χ3v) is 7.25. The molecule has 3 rings (SSSR count). The molecule has 36 heavy (non-hydrogen) atoms. The topological polar surface area (TPSA) is 134 Å². The maximum atomic E-state index is 13.8. The van der Waals surface area contributed by atoms with Crippen LogP contribution >= 0.6 is 0 Å². The van der Waals surface area contributed by atoms with Crippen LogP contribution in [0.3, 0.4) is 0 Å². The van der Waals surface area contributed by atoms with Gasteiger partial charge in [-0.15, -0.1) is 0 Å². The number of nitrogens with zero attached hydrogens (tertiary/aromatic N) is 1. The van der Waals surface area contributed by atoms with E-state index in [1.807, 2.05) is 19.1 Å². The van der Waals surface area contributed by atoms with Gasteiger partial charge in [0.05, 0.1) is 13.2 Å². The fourth-order valence-electron chi connectivity index (χ4n) is 5.33. The molecule has 0 radical (unpaired) electrons. The Labute approximate surface area is 213 Å². The summed E-state index contributed by atoms with van der Waals surface area (Å²) in [7, 11) is 1.28. The molecule has 2 fully saturated rings. The Bertz CT molecular complexity index is 898. The Morgan fingerprint density at radius 1 is 1.22 bits per heavy atom. The highest BCUT2D eigenvalue weighted by Crippen LogP contribution is 2.46. The van der Waals surface area contributed by atoms with Gasteiger partial charge >= 0.3 is 12.1 Å². The van der Waals surface area contributed by atoms with Gasteiger partial charge in [0, 0.05) is 18.9 Å². The molecule has 0 aromatic heterocycles. The van der Waals surface area contributed by atoms with Crippen molar-refractivity contribution in [3.63, 3.8) is 0 Å². The first kappa shape index (κ1) is 28.0. The second kappa shape index (κ2) is 10.8. The van der Waals surface area contributed by atoms with Gasteiger partial charge < -0.3 is 30.1 Å². The number of ether oxygens (including phenoxy) is 2. The molecule has 0 aromatic rings. The predicted octanol–water partition coefficient (Wildman–Crippen LogP) is 1.90. The van der Waals surface area contributed by atoms with Crippen molar-refractivity contribution in [1.82, 2.24) is 15.5 Å². The molecular weight excluding hydrogens is 466 g/mol. The molecule has 10 nitrogen and oxygen atoms in total. The zero-order valence-corrected chi connectivity index (χ0v) is 22.2. The number of methoxy groups -OCH3 is 1. The third-order valence-electron chi connectivity index (χ3n) is 7.25. The van der Waals surface area contributed by atoms with Crippen molar-refractivity contribution in [3.05, 3.63) is 12.2 Å². The smallest absolute Gasteiger partial charge is 0.408 e. The molecule has 0 aromatic carbocycles. The number of nitrogens with one attached hydrogen (secondary N) is 2. The van der Waals surface area contributed by atoms with E-state index in [9.17, 15) is 24.3 Å². The normalized spacial score (nSPS) is 35.5. The average molecular weight is 508 g/mol. The van der Waals surface area contributed by atoms with Crippen LogP contribution in [-0.4, -0.2) is 76.9 Å². The molecule has 0 bridgehead atoms. The van der Waals surface area contributed by atoms with E-state index >= 15 is 0 Å². The molecule has 2 heterocycles. The van der Waals surface area contributed by atoms with E-state index in [2.05, 4.69) is 17.6 Å². The van der Waals surface area contributed by atoms with Crippen molar-refractivity contribution in [2.75, 3.05) is 13.7 Å². The number of aliphatic hydroxyl groups excluding tert-OH is 1. The number of hydrogen-bond acceptors (Lipinski definition) is 7. The summed E-state index contributed by atoms with van der Waals surface area (Å²) in [5.41, 5.74) is -1.91. The van der Waals surface area contributed by atoms with Gasteiger partial charge in [-0.1, -0.05) is 26.0 Å². The molecule has 3 N–H and O–H groups in total. The fourth-order valence-corrected chi connectivity index (χ4v) is 5.33. The summed E-state index contributed by atoms with van der Waals surface area (Å²) in [5.74, 6) is -1.68. The molecule has 0 spiro atoms. The van der Waals surface area contributed by atoms with Crippen LogP contribution in [0, 0.1) is 17.8 Å². The molecule has 1 saturated carbocycles. The van der Waals surface area contributed by atoms with Crippen molar-refractivity contribution >= 4 is 23.9 Å². The molecular formula is C26H41N3O7. The summed E-state index contributed by atoms with van der Waals surface area (Å²) in [6.07, 6.45) is 5.14. The van der Waals surface area contributed by atoms with E-state index < -0.39 is 53.2 Å². The molecule has 202 valence electrons. The minimum atomic E-state index is -1.17. The second-order valence-corrected chi connectivity index (χ2v) is 11.6. The molecule has 3 amide bonds. The first-order chi connectivity index (χ1) is 16.8. The molecule has 10 heteroatoms. The molecule has 7 atom stereocenters. The van der Waals surface area contributed by atoms with E-state index in [0.29, 0.717) is 12.8 Å². The van der Waals surface area contributed by atoms with E-state index in [0.717, 1.165) is 12.8 Å². The SMILES string of the molecule is COC(=O)C12CC1C=CCCC(C)CC(C)C(NC(=O)OC(C)(C)C)C(=O)N1CC(O)CC1C(=O)N2. The molecule has 7 unspecified atom stereocenters. The Balaban J connectivity index is 1.92. The summed E-state index contributed by atoms with van der Waals surface area (Å²) in [5, 5.41) is 15.9. The Kier molecular flexibility index (Phi) is 8.37. The number of fused-ring (bicyclic) bond motifs is 2. The van der Waals surface area contributed by atoms with Gasteiger partial charge in [0.15, 0.2) is 0 Å². The number of hydrogen-bond donors (Lipinski definition) is 3. The minimum Gasteiger partial charge on any atom is -0.467 e. The number of aliphatic hydroxyl groups is 1. The van der Waals surface area contributed by atoms with Gasteiger partial charge in [0.2, 0.25) is 11.8 Å². The number of alkyl carbamates (subject to hydrolysis) is 1. The number of esters is 1. The van der Waals surface area contributed by atoms with Gasteiger partial charge in [0.1, 0.15) is 23.2 Å². The lowest BCUT2D eigenvalue weighted by Crippen LogP contribution is -2.58. The van der Waals surface area contributed by atoms with Gasteiger partial charge in [-0.25, -0.2) is 9.59 Å². The molecule has 1 aliphatic carbocycles. The molecule has 2 aliphatic heterocycles. The van der Waals surface area contributed by atoms with Crippen LogP contribution in [0.15, 0.2) is 12.2 Å². The quantitative estimate of drug-likeness (QED) is 0.384. The van der Waals surface area contributed by atoms with Gasteiger partial charge in [0.25, 0.3) is 0 Å². The first-order valence-corrected chi connectivity index (χ1v) is 12.8. The van der Waals surface area contributed by atoms with Crippen LogP contribution in [0.1, 0.15) is 66.7 Å². The predicted molar refractivity (Wildman–Crippen MR) is 132 cm³/mol. The third kappa shape index (κ3) is 6.38. The highest BCUT2D eigenvalue weighted by atomic mass is 16.6. The Morgan fingerprint density at radius 2 is 1.92 bits per heavy atom. The lowest BCUT2D eigenvalue weighted by molar-refractivity contribution is -0.148. The first-order valence-electron chi connectivity index (χ1n) is 12.8. The Hall–Kier alpha value is -2.62. The standard InChI is InChI=1S/C26H41N3O7/c1-15-9-7-8-10-17-13-26(17,23(33)35-6)28-21(31)19-12-18(30)14-29(19)22(32)20(16(2)11-15)27-24(34)36-25(3,4)5/h8,10,15-20,30H,7,9,11-14H2,1-6H3,(H,27,34)(H,28,31). The van der Waals surface area contributed by atoms with Crippen LogP contribution in [0.2, 0.25) is 0 Å². The summed E-state index contributed by atoms with van der Waals surface area (Å²) in [4.78, 5) is 53.8. The number of allylic oxidation sites excluding steroid dienone is 1. The lowest BCUT2D eigenvalue weighted by atomic mass is 9.88. The summed E-state index contributed by atoms with van der Waals surface area (Å²) < 4.78 is 10.4. The van der Waals surface area contributed by atoms with E-state index in [1.165, 1.54) is 12.0 Å². The van der Waals surface area contributed by atoms with Crippen LogP contribution in [-0.2, 0) is 23.9 Å². The summed E-state index contributed by atoms with van der Waals surface area (Å²) >= 11 is 0. The largest absolute Gasteiger partial charge is 0.467 e. The fraction of sp³-hybridized carbons (Fsp3) is 0.769. The summed E-state index contributed by atoms with van der Waals surface area (Å²) in [6, 6.07) is -1.91. The maximum absolute atomic E-state index is 13.8. The van der Waals surface area contributed by atoms with E-state index in [1.54, 1.807) is 20.8 Å². The molecule has 1 saturated heterocycles. The average Bonchev–Trinajstić information content (AvgIpc) is 3.32. The monoisotopic (exact) mass is 507 g/mol. The minimum absolute atomic E-state index is 0.0409. The number of rotatable bonds is 2. The molecule has 3 aliphatic rings. The zero-order valence-electron chi connectivity index (χ0n) is 22.2. The van der Waals surface area contributed by atoms with Crippen molar-refractivity contribution in [2.45, 2.75) is 96.1 Å². The van der Waals surface area contributed by atoms with Crippen LogP contribution < -0.4 is 10.6 Å². The lowest BCUT2D eigenvalue weighted by Gasteiger charge is -2.33. The second-order valence-electron chi connectivity index (χ2n) is 11.6. The van der Waals surface area contributed by atoms with Crippen LogP contribution in [0.5, 0.6) is 0 Å². The van der Waals surface area contributed by atoms with Gasteiger partial charge in [-0.2, -0.15) is 0 Å². The van der Waals surface area contributed by atoms with Crippen molar-refractivity contribution in [3.8, 4) is 0 Å². The maximum Gasteiger partial charge on any atom is 0.408 e. The van der Waals surface area contributed by atoms with Crippen LogP contribution in [0.4, 0.5) is 4.79 Å². The van der Waals surface area contributed by atoms with E-state index in [-0.39, 0.29) is 30.7 Å². The number of amides is 3. The zero-order chi connectivity index (χ0) is 26.8. The highest BCUT2D eigenvalue weighted by Gasteiger charge is 2.62. The van der Waals surface area contributed by atoms with Crippen LogP contribution in [0.25, 0.3) is 0 Å². The van der Waals surface area contributed by atoms with Crippen molar-refractivity contribution in [1.29, 1.82) is 0 Å². The van der Waals surface area contributed by atoms with Gasteiger partial charge in [-0.05, 0) is 58.3 Å². The summed E-state index contributed by atoms with van der Waals surface area (Å²) in [6.45, 7) is 9.17. The number of carbonyl (C=O) groups is 4. The van der Waals surface area contributed by atoms with E-state index in [4.69, 9.17) is 9.47 Å². The Morgan fingerprint density at radius 3 is 2.56 bits per heavy atom. The number of carbonyl (C=O) groups excluding carboxylic acids is 4. The van der Waals surface area contributed by atoms with Crippen molar-refractivity contribution < 1.29 is 33.8 Å². The van der Waals surface area contributed by atoms with Crippen molar-refractivity contribution in [2.24, 2.45) is 17.8 Å². The highest BCUT2D eigenvalue weighted by molar-refractivity contribution is 5.96.